The molecular weight excluding hydrogens is 434 g/mol. The van der Waals surface area contributed by atoms with Crippen LogP contribution >= 0.6 is 0 Å². The van der Waals surface area contributed by atoms with Crippen molar-refractivity contribution in [3.63, 3.8) is 0 Å². The van der Waals surface area contributed by atoms with Crippen LogP contribution in [0.25, 0.3) is 0 Å². The van der Waals surface area contributed by atoms with Crippen LogP contribution in [0.3, 0.4) is 0 Å². The normalized spacial score (nSPS) is 25.7. The van der Waals surface area contributed by atoms with Crippen molar-refractivity contribution in [1.29, 1.82) is 0 Å². The number of hydrogen-bond acceptors (Lipinski definition) is 1. The third kappa shape index (κ3) is 19.1. The quantitative estimate of drug-likeness (QED) is 0.344. The second kappa shape index (κ2) is 25.2. The zero-order valence-electron chi connectivity index (χ0n) is 25.1. The van der Waals surface area contributed by atoms with Crippen LogP contribution in [-0.4, -0.2) is 24.0 Å². The minimum absolute atomic E-state index is 0.884. The number of nitrogens with zero attached hydrogens (tertiary/aromatic N) is 1. The molecule has 214 valence electrons. The summed E-state index contributed by atoms with van der Waals surface area (Å²) >= 11 is 0. The molecule has 1 aliphatic heterocycles. The lowest BCUT2D eigenvalue weighted by atomic mass is 9.97. The van der Waals surface area contributed by atoms with E-state index in [4.69, 9.17) is 0 Å². The van der Waals surface area contributed by atoms with Gasteiger partial charge in [-0.25, -0.2) is 0 Å². The maximum Gasteiger partial charge on any atom is 0.00952 e. The van der Waals surface area contributed by atoms with Gasteiger partial charge in [-0.1, -0.05) is 180 Å². The Kier molecular flexibility index (Phi) is 22.6. The van der Waals surface area contributed by atoms with Crippen molar-refractivity contribution in [3.05, 3.63) is 0 Å². The second-order valence-electron chi connectivity index (χ2n) is 12.9. The highest BCUT2D eigenvalue weighted by Gasteiger charge is 2.18. The Morgan fingerprint density at radius 2 is 0.417 bits per heavy atom. The van der Waals surface area contributed by atoms with Crippen LogP contribution in [0.5, 0.6) is 0 Å². The molecule has 0 spiro atoms. The monoisotopic (exact) mass is 504 g/mol. The second-order valence-corrected chi connectivity index (χ2v) is 12.9. The molecule has 36 heavy (non-hydrogen) atoms. The fraction of sp³-hybridized carbons (Fsp3) is 1.00. The fourth-order valence-electron chi connectivity index (χ4n) is 6.97. The standard InChI is InChI=1S/C35H69N/c1-3-7-11-15-19-23-27-31-35(32-28-24-20-16-12-8-4-1)36-33-29-25-21-17-13-9-5-2-6-10-14-18-22-26-30-34-36/h35H,1-34H2. The minimum atomic E-state index is 0.884. The summed E-state index contributed by atoms with van der Waals surface area (Å²) in [5.41, 5.74) is 0. The topological polar surface area (TPSA) is 3.24 Å². The summed E-state index contributed by atoms with van der Waals surface area (Å²) < 4.78 is 0. The lowest BCUT2D eigenvalue weighted by Gasteiger charge is -2.32. The summed E-state index contributed by atoms with van der Waals surface area (Å²) in [6, 6.07) is 0.884. The van der Waals surface area contributed by atoms with Crippen molar-refractivity contribution in [2.45, 2.75) is 212 Å². The lowest BCUT2D eigenvalue weighted by Crippen LogP contribution is -2.37. The molecule has 0 aromatic carbocycles. The van der Waals surface area contributed by atoms with E-state index in [0.717, 1.165) is 6.04 Å². The van der Waals surface area contributed by atoms with Crippen LogP contribution < -0.4 is 0 Å². The first kappa shape index (κ1) is 32.2. The Hall–Kier alpha value is -0.0400. The largest absolute Gasteiger partial charge is 0.300 e. The van der Waals surface area contributed by atoms with Gasteiger partial charge in [0.15, 0.2) is 0 Å². The summed E-state index contributed by atoms with van der Waals surface area (Å²) in [5, 5.41) is 0. The molecule has 0 N–H and O–H groups in total. The molecule has 2 fully saturated rings. The summed E-state index contributed by atoms with van der Waals surface area (Å²) in [4.78, 5) is 3.02. The van der Waals surface area contributed by atoms with Crippen LogP contribution in [-0.2, 0) is 0 Å². The number of hydrogen-bond donors (Lipinski definition) is 0. The highest BCUT2D eigenvalue weighted by molar-refractivity contribution is 4.73. The molecule has 1 saturated carbocycles. The Bertz CT molecular complexity index is 356. The van der Waals surface area contributed by atoms with Gasteiger partial charge in [0, 0.05) is 6.04 Å². The average Bonchev–Trinajstić information content (AvgIpc) is 2.89. The first-order valence-corrected chi connectivity index (χ1v) is 17.7. The van der Waals surface area contributed by atoms with E-state index in [2.05, 4.69) is 4.90 Å². The molecule has 0 aromatic heterocycles. The van der Waals surface area contributed by atoms with Crippen molar-refractivity contribution in [1.82, 2.24) is 4.90 Å². The van der Waals surface area contributed by atoms with E-state index in [1.165, 1.54) is 219 Å². The molecule has 0 unspecified atom stereocenters. The molecule has 0 amide bonds. The van der Waals surface area contributed by atoms with Crippen molar-refractivity contribution < 1.29 is 0 Å². The van der Waals surface area contributed by atoms with Crippen LogP contribution in [0, 0.1) is 0 Å². The van der Waals surface area contributed by atoms with Gasteiger partial charge >= 0.3 is 0 Å². The van der Waals surface area contributed by atoms with Crippen LogP contribution in [0.1, 0.15) is 205 Å². The average molecular weight is 504 g/mol. The predicted octanol–water partition coefficient (Wildman–Crippen LogP) is 12.2. The van der Waals surface area contributed by atoms with Crippen molar-refractivity contribution >= 4 is 0 Å². The lowest BCUT2D eigenvalue weighted by molar-refractivity contribution is 0.163. The van der Waals surface area contributed by atoms with Gasteiger partial charge in [-0.15, -0.1) is 0 Å². The molecule has 1 nitrogen and oxygen atoms in total. The fourth-order valence-corrected chi connectivity index (χ4v) is 6.97. The van der Waals surface area contributed by atoms with Crippen molar-refractivity contribution in [3.8, 4) is 0 Å². The van der Waals surface area contributed by atoms with Crippen molar-refractivity contribution in [2.75, 3.05) is 13.1 Å². The first-order chi connectivity index (χ1) is 18.0. The SMILES string of the molecule is C1CCCCCCCCC(N2CCCCCCCCCCCCCCCCC2)CCCCCCCC1. The molecule has 2 rings (SSSR count). The molecule has 2 aliphatic rings. The van der Waals surface area contributed by atoms with E-state index in [9.17, 15) is 0 Å². The van der Waals surface area contributed by atoms with E-state index < -0.39 is 0 Å². The third-order valence-electron chi connectivity index (χ3n) is 9.48. The van der Waals surface area contributed by atoms with E-state index in [1.807, 2.05) is 0 Å². The number of rotatable bonds is 1. The molecule has 0 radical (unpaired) electrons. The highest BCUT2D eigenvalue weighted by atomic mass is 15.1. The Morgan fingerprint density at radius 3 is 0.667 bits per heavy atom. The van der Waals surface area contributed by atoms with E-state index in [1.54, 1.807) is 0 Å². The molecule has 0 aromatic rings. The van der Waals surface area contributed by atoms with Gasteiger partial charge in [-0.2, -0.15) is 0 Å². The van der Waals surface area contributed by atoms with Gasteiger partial charge in [0.2, 0.25) is 0 Å². The van der Waals surface area contributed by atoms with E-state index >= 15 is 0 Å². The van der Waals surface area contributed by atoms with Crippen LogP contribution in [0.4, 0.5) is 0 Å². The summed E-state index contributed by atoms with van der Waals surface area (Å²) in [6.07, 6.45) is 47.6. The molecule has 1 heteroatoms. The molecular formula is C35H69N. The van der Waals surface area contributed by atoms with Gasteiger partial charge in [0.1, 0.15) is 0 Å². The van der Waals surface area contributed by atoms with Crippen molar-refractivity contribution in [2.24, 2.45) is 0 Å². The predicted molar refractivity (Wildman–Crippen MR) is 163 cm³/mol. The van der Waals surface area contributed by atoms with Crippen LogP contribution in [0.15, 0.2) is 0 Å². The zero-order chi connectivity index (χ0) is 25.2. The molecule has 1 heterocycles. The van der Waals surface area contributed by atoms with E-state index in [-0.39, 0.29) is 0 Å². The van der Waals surface area contributed by atoms with Crippen LogP contribution in [0.2, 0.25) is 0 Å². The molecule has 0 atom stereocenters. The zero-order valence-corrected chi connectivity index (χ0v) is 25.1. The van der Waals surface area contributed by atoms with Gasteiger partial charge < -0.3 is 4.90 Å². The highest BCUT2D eigenvalue weighted by Crippen LogP contribution is 2.22. The smallest absolute Gasteiger partial charge is 0.00952 e. The minimum Gasteiger partial charge on any atom is -0.300 e. The van der Waals surface area contributed by atoms with Gasteiger partial charge in [-0.3, -0.25) is 0 Å². The Balaban J connectivity index is 1.83. The Labute approximate surface area is 229 Å². The Morgan fingerprint density at radius 1 is 0.222 bits per heavy atom. The first-order valence-electron chi connectivity index (χ1n) is 17.7. The van der Waals surface area contributed by atoms with Gasteiger partial charge in [-0.05, 0) is 38.8 Å². The third-order valence-corrected chi connectivity index (χ3v) is 9.48. The molecule has 0 bridgehead atoms. The van der Waals surface area contributed by atoms with E-state index in [0.29, 0.717) is 0 Å². The molecule has 1 saturated heterocycles. The molecule has 1 aliphatic carbocycles. The maximum atomic E-state index is 3.02. The summed E-state index contributed by atoms with van der Waals surface area (Å²) in [6.45, 7) is 2.79. The van der Waals surface area contributed by atoms with Gasteiger partial charge in [0.25, 0.3) is 0 Å². The summed E-state index contributed by atoms with van der Waals surface area (Å²) in [7, 11) is 0. The maximum absolute atomic E-state index is 3.02. The summed E-state index contributed by atoms with van der Waals surface area (Å²) in [5.74, 6) is 0. The van der Waals surface area contributed by atoms with Gasteiger partial charge in [0.05, 0.1) is 0 Å².